The van der Waals surface area contributed by atoms with Gasteiger partial charge in [0.1, 0.15) is 11.6 Å². The second-order valence-electron chi connectivity index (χ2n) is 5.36. The van der Waals surface area contributed by atoms with Crippen molar-refractivity contribution >= 4 is 5.91 Å². The Balaban J connectivity index is 1.99. The predicted octanol–water partition coefficient (Wildman–Crippen LogP) is 3.56. The summed E-state index contributed by atoms with van der Waals surface area (Å²) in [4.78, 5) is 13.8. The standard InChI is InChI=1S/C18H20FNO2/c1-13-7-6-9-16(11-13)22-14(2)18(21)20(3)12-15-8-4-5-10-17(15)19/h4-11,14H,12H2,1-3H3. The molecule has 0 heterocycles. The molecule has 0 fully saturated rings. The van der Waals surface area contributed by atoms with Gasteiger partial charge in [-0.2, -0.15) is 0 Å². The Labute approximate surface area is 130 Å². The molecule has 1 amide bonds. The highest BCUT2D eigenvalue weighted by Crippen LogP contribution is 2.16. The molecule has 0 spiro atoms. The van der Waals surface area contributed by atoms with Crippen LogP contribution in [0.5, 0.6) is 5.75 Å². The lowest BCUT2D eigenvalue weighted by Gasteiger charge is -2.22. The largest absolute Gasteiger partial charge is 0.481 e. The number of likely N-dealkylation sites (N-methyl/N-ethyl adjacent to an activating group) is 1. The molecule has 1 atom stereocenters. The van der Waals surface area contributed by atoms with Crippen LogP contribution in [0.4, 0.5) is 4.39 Å². The Hall–Kier alpha value is -2.36. The zero-order valence-corrected chi connectivity index (χ0v) is 13.0. The molecule has 2 aromatic carbocycles. The Kier molecular flexibility index (Phi) is 5.15. The second-order valence-corrected chi connectivity index (χ2v) is 5.36. The number of hydrogen-bond acceptors (Lipinski definition) is 2. The fraction of sp³-hybridized carbons (Fsp3) is 0.278. The predicted molar refractivity (Wildman–Crippen MR) is 84.1 cm³/mol. The number of nitrogens with zero attached hydrogens (tertiary/aromatic N) is 1. The zero-order valence-electron chi connectivity index (χ0n) is 13.0. The van der Waals surface area contributed by atoms with Gasteiger partial charge in [-0.25, -0.2) is 4.39 Å². The number of carbonyl (C=O) groups excluding carboxylic acids is 1. The zero-order chi connectivity index (χ0) is 16.1. The van der Waals surface area contributed by atoms with E-state index in [2.05, 4.69) is 0 Å². The van der Waals surface area contributed by atoms with E-state index in [9.17, 15) is 9.18 Å². The highest BCUT2D eigenvalue weighted by molar-refractivity contribution is 5.80. The lowest BCUT2D eigenvalue weighted by Crippen LogP contribution is -2.37. The highest BCUT2D eigenvalue weighted by Gasteiger charge is 2.20. The fourth-order valence-electron chi connectivity index (χ4n) is 2.21. The number of hydrogen-bond donors (Lipinski definition) is 0. The minimum Gasteiger partial charge on any atom is -0.481 e. The monoisotopic (exact) mass is 301 g/mol. The van der Waals surface area contributed by atoms with Crippen molar-refractivity contribution in [1.29, 1.82) is 0 Å². The normalized spacial score (nSPS) is 11.8. The van der Waals surface area contributed by atoms with Crippen molar-refractivity contribution in [3.63, 3.8) is 0 Å². The first kappa shape index (κ1) is 16.0. The van der Waals surface area contributed by atoms with E-state index < -0.39 is 6.10 Å². The van der Waals surface area contributed by atoms with Gasteiger partial charge in [0.25, 0.3) is 5.91 Å². The third kappa shape index (κ3) is 4.07. The number of benzene rings is 2. The first-order valence-electron chi connectivity index (χ1n) is 7.19. The SMILES string of the molecule is Cc1cccc(OC(C)C(=O)N(C)Cc2ccccc2F)c1. The molecule has 22 heavy (non-hydrogen) atoms. The third-order valence-electron chi connectivity index (χ3n) is 3.39. The van der Waals surface area contributed by atoms with Gasteiger partial charge in [-0.05, 0) is 37.6 Å². The maximum absolute atomic E-state index is 13.6. The van der Waals surface area contributed by atoms with E-state index in [1.165, 1.54) is 11.0 Å². The van der Waals surface area contributed by atoms with E-state index >= 15 is 0 Å². The van der Waals surface area contributed by atoms with Crippen molar-refractivity contribution in [3.8, 4) is 5.75 Å². The molecule has 116 valence electrons. The quantitative estimate of drug-likeness (QED) is 0.845. The van der Waals surface area contributed by atoms with Crippen LogP contribution in [0.15, 0.2) is 48.5 Å². The summed E-state index contributed by atoms with van der Waals surface area (Å²) in [5.74, 6) is 0.152. The summed E-state index contributed by atoms with van der Waals surface area (Å²) in [6, 6.07) is 14.0. The highest BCUT2D eigenvalue weighted by atomic mass is 19.1. The number of halogens is 1. The number of aryl methyl sites for hydroxylation is 1. The molecule has 0 saturated carbocycles. The van der Waals surface area contributed by atoms with Crippen LogP contribution in [0.25, 0.3) is 0 Å². The maximum Gasteiger partial charge on any atom is 0.263 e. The van der Waals surface area contributed by atoms with Crippen LogP contribution in [0.3, 0.4) is 0 Å². The van der Waals surface area contributed by atoms with Crippen LogP contribution in [-0.2, 0) is 11.3 Å². The molecular formula is C18H20FNO2. The first-order valence-corrected chi connectivity index (χ1v) is 7.19. The minimum absolute atomic E-state index is 0.190. The van der Waals surface area contributed by atoms with Crippen LogP contribution >= 0.6 is 0 Å². The maximum atomic E-state index is 13.6. The summed E-state index contributed by atoms with van der Waals surface area (Å²) < 4.78 is 19.3. The van der Waals surface area contributed by atoms with Crippen LogP contribution < -0.4 is 4.74 Å². The van der Waals surface area contributed by atoms with E-state index in [4.69, 9.17) is 4.74 Å². The number of amides is 1. The lowest BCUT2D eigenvalue weighted by molar-refractivity contribution is -0.137. The number of ether oxygens (including phenoxy) is 1. The van der Waals surface area contributed by atoms with Gasteiger partial charge < -0.3 is 9.64 Å². The summed E-state index contributed by atoms with van der Waals surface area (Å²) in [5.41, 5.74) is 1.55. The average Bonchev–Trinajstić information content (AvgIpc) is 2.48. The van der Waals surface area contributed by atoms with Gasteiger partial charge in [-0.15, -0.1) is 0 Å². The molecule has 0 aliphatic heterocycles. The summed E-state index contributed by atoms with van der Waals surface area (Å²) in [5, 5.41) is 0. The van der Waals surface area contributed by atoms with Gasteiger partial charge in [-0.1, -0.05) is 30.3 Å². The van der Waals surface area contributed by atoms with Crippen LogP contribution in [0, 0.1) is 12.7 Å². The third-order valence-corrected chi connectivity index (χ3v) is 3.39. The Bertz CT molecular complexity index is 657. The lowest BCUT2D eigenvalue weighted by atomic mass is 10.2. The molecule has 0 aromatic heterocycles. The van der Waals surface area contributed by atoms with Gasteiger partial charge in [0, 0.05) is 19.2 Å². The van der Waals surface area contributed by atoms with Crippen molar-refractivity contribution in [2.24, 2.45) is 0 Å². The summed E-state index contributed by atoms with van der Waals surface area (Å²) in [7, 11) is 1.64. The topological polar surface area (TPSA) is 29.5 Å². The Morgan fingerprint density at radius 2 is 1.95 bits per heavy atom. The minimum atomic E-state index is -0.626. The molecule has 3 nitrogen and oxygen atoms in total. The van der Waals surface area contributed by atoms with Crippen molar-refractivity contribution in [3.05, 3.63) is 65.5 Å². The van der Waals surface area contributed by atoms with Crippen molar-refractivity contribution in [2.75, 3.05) is 7.05 Å². The number of rotatable bonds is 5. The van der Waals surface area contributed by atoms with Crippen molar-refractivity contribution < 1.29 is 13.9 Å². The van der Waals surface area contributed by atoms with Gasteiger partial charge in [0.05, 0.1) is 0 Å². The summed E-state index contributed by atoms with van der Waals surface area (Å²) in [6.07, 6.45) is -0.626. The van der Waals surface area contributed by atoms with Gasteiger partial charge in [0.2, 0.25) is 0 Å². The van der Waals surface area contributed by atoms with E-state index in [0.29, 0.717) is 11.3 Å². The van der Waals surface area contributed by atoms with Crippen LogP contribution in [0.2, 0.25) is 0 Å². The average molecular weight is 301 g/mol. The van der Waals surface area contributed by atoms with Crippen molar-refractivity contribution in [1.82, 2.24) is 4.90 Å². The van der Waals surface area contributed by atoms with Gasteiger partial charge in [-0.3, -0.25) is 4.79 Å². The molecule has 0 aliphatic rings. The number of carbonyl (C=O) groups is 1. The molecule has 0 bridgehead atoms. The van der Waals surface area contributed by atoms with Crippen LogP contribution in [-0.4, -0.2) is 24.0 Å². The molecule has 2 rings (SSSR count). The second kappa shape index (κ2) is 7.07. The van der Waals surface area contributed by atoms with Gasteiger partial charge in [0.15, 0.2) is 6.10 Å². The van der Waals surface area contributed by atoms with E-state index in [-0.39, 0.29) is 18.3 Å². The molecular weight excluding hydrogens is 281 g/mol. The molecule has 1 unspecified atom stereocenters. The molecule has 0 N–H and O–H groups in total. The van der Waals surface area contributed by atoms with Crippen molar-refractivity contribution in [2.45, 2.75) is 26.5 Å². The molecule has 0 aliphatic carbocycles. The fourth-order valence-corrected chi connectivity index (χ4v) is 2.21. The summed E-state index contributed by atoms with van der Waals surface area (Å²) >= 11 is 0. The summed E-state index contributed by atoms with van der Waals surface area (Å²) in [6.45, 7) is 3.87. The molecule has 2 aromatic rings. The Morgan fingerprint density at radius 3 is 2.64 bits per heavy atom. The van der Waals surface area contributed by atoms with E-state index in [1.807, 2.05) is 31.2 Å². The first-order chi connectivity index (χ1) is 10.5. The molecule has 0 radical (unpaired) electrons. The van der Waals surface area contributed by atoms with Gasteiger partial charge >= 0.3 is 0 Å². The van der Waals surface area contributed by atoms with E-state index in [0.717, 1.165) is 5.56 Å². The molecule has 0 saturated heterocycles. The van der Waals surface area contributed by atoms with Crippen LogP contribution in [0.1, 0.15) is 18.1 Å². The Morgan fingerprint density at radius 1 is 1.23 bits per heavy atom. The van der Waals surface area contributed by atoms with E-state index in [1.54, 1.807) is 32.2 Å². The smallest absolute Gasteiger partial charge is 0.263 e. The molecule has 4 heteroatoms.